The van der Waals surface area contributed by atoms with E-state index in [2.05, 4.69) is 32.3 Å². The first-order valence-corrected chi connectivity index (χ1v) is 8.42. The zero-order valence-electron chi connectivity index (χ0n) is 13.6. The smallest absolute Gasteiger partial charge is 0.276 e. The monoisotopic (exact) mass is 338 g/mol. The van der Waals surface area contributed by atoms with Gasteiger partial charge in [0.15, 0.2) is 5.13 Å². The average Bonchev–Trinajstić information content (AvgIpc) is 3.04. The van der Waals surface area contributed by atoms with Gasteiger partial charge in [-0.15, -0.1) is 11.3 Å². The number of rotatable bonds is 5. The molecule has 0 radical (unpaired) electrons. The third-order valence-electron chi connectivity index (χ3n) is 3.40. The second-order valence-corrected chi connectivity index (χ2v) is 6.46. The quantitative estimate of drug-likeness (QED) is 0.773. The molecule has 0 aliphatic rings. The number of nitrogens with zero attached hydrogens (tertiary/aromatic N) is 3. The molecule has 1 amide bonds. The minimum absolute atomic E-state index is 0.252. The molecule has 3 aromatic rings. The van der Waals surface area contributed by atoms with E-state index in [0.29, 0.717) is 10.8 Å². The van der Waals surface area contributed by atoms with Crippen LogP contribution in [0.4, 0.5) is 5.13 Å². The number of hydrogen-bond donors (Lipinski definition) is 1. The highest BCUT2D eigenvalue weighted by Gasteiger charge is 2.12. The van der Waals surface area contributed by atoms with Gasteiger partial charge in [0, 0.05) is 23.7 Å². The molecule has 2 heterocycles. The van der Waals surface area contributed by atoms with Crippen LogP contribution in [0.1, 0.15) is 16.1 Å². The summed E-state index contributed by atoms with van der Waals surface area (Å²) in [5.41, 5.74) is 3.53. The SMILES string of the molecule is CN(C)Cc1ccccc1-c1csc(NC(=O)c2ccccn2)n1. The Morgan fingerprint density at radius 2 is 1.96 bits per heavy atom. The van der Waals surface area contributed by atoms with Crippen molar-refractivity contribution in [2.75, 3.05) is 19.4 Å². The Hall–Kier alpha value is -2.57. The van der Waals surface area contributed by atoms with Gasteiger partial charge in [-0.2, -0.15) is 0 Å². The minimum Gasteiger partial charge on any atom is -0.305 e. The number of carbonyl (C=O) groups is 1. The number of amides is 1. The summed E-state index contributed by atoms with van der Waals surface area (Å²) < 4.78 is 0. The van der Waals surface area contributed by atoms with Gasteiger partial charge in [0.1, 0.15) is 5.69 Å². The molecule has 122 valence electrons. The van der Waals surface area contributed by atoms with Crippen LogP contribution in [0.25, 0.3) is 11.3 Å². The highest BCUT2D eigenvalue weighted by molar-refractivity contribution is 7.14. The second-order valence-electron chi connectivity index (χ2n) is 5.60. The first-order chi connectivity index (χ1) is 11.6. The van der Waals surface area contributed by atoms with Crippen molar-refractivity contribution in [1.29, 1.82) is 0 Å². The van der Waals surface area contributed by atoms with Gasteiger partial charge in [0.05, 0.1) is 5.69 Å². The summed E-state index contributed by atoms with van der Waals surface area (Å²) in [6, 6.07) is 13.4. The molecular formula is C18H18N4OS. The summed E-state index contributed by atoms with van der Waals surface area (Å²) >= 11 is 1.41. The predicted molar refractivity (Wildman–Crippen MR) is 97.1 cm³/mol. The van der Waals surface area contributed by atoms with Gasteiger partial charge in [0.2, 0.25) is 0 Å². The van der Waals surface area contributed by atoms with Crippen LogP contribution >= 0.6 is 11.3 Å². The van der Waals surface area contributed by atoms with Crippen LogP contribution in [0, 0.1) is 0 Å². The average molecular weight is 338 g/mol. The molecule has 0 spiro atoms. The Morgan fingerprint density at radius 1 is 1.17 bits per heavy atom. The highest BCUT2D eigenvalue weighted by Crippen LogP contribution is 2.28. The number of thiazole rings is 1. The van der Waals surface area contributed by atoms with Gasteiger partial charge in [-0.05, 0) is 31.8 Å². The first-order valence-electron chi connectivity index (χ1n) is 7.54. The molecule has 5 nitrogen and oxygen atoms in total. The largest absolute Gasteiger partial charge is 0.305 e. The van der Waals surface area contributed by atoms with Crippen LogP contribution in [0.3, 0.4) is 0 Å². The first kappa shape index (κ1) is 16.3. The number of anilines is 1. The fraction of sp³-hybridized carbons (Fsp3) is 0.167. The normalized spacial score (nSPS) is 10.8. The van der Waals surface area contributed by atoms with E-state index < -0.39 is 0 Å². The Bertz CT molecular complexity index is 830. The molecular weight excluding hydrogens is 320 g/mol. The van der Waals surface area contributed by atoms with Crippen molar-refractivity contribution in [1.82, 2.24) is 14.9 Å². The zero-order chi connectivity index (χ0) is 16.9. The van der Waals surface area contributed by atoms with E-state index in [9.17, 15) is 4.79 Å². The van der Waals surface area contributed by atoms with Gasteiger partial charge in [-0.3, -0.25) is 15.1 Å². The van der Waals surface area contributed by atoms with Gasteiger partial charge in [-0.1, -0.05) is 30.3 Å². The van der Waals surface area contributed by atoms with Crippen LogP contribution in [-0.2, 0) is 6.54 Å². The lowest BCUT2D eigenvalue weighted by molar-refractivity contribution is 0.102. The van der Waals surface area contributed by atoms with E-state index in [1.165, 1.54) is 16.9 Å². The standard InChI is InChI=1S/C18H18N4OS/c1-22(2)11-13-7-3-4-8-14(13)16-12-24-18(20-16)21-17(23)15-9-5-6-10-19-15/h3-10,12H,11H2,1-2H3,(H,20,21,23). The Balaban J connectivity index is 1.80. The molecule has 0 aliphatic heterocycles. The van der Waals surface area contributed by atoms with Crippen LogP contribution in [-0.4, -0.2) is 34.9 Å². The van der Waals surface area contributed by atoms with Crippen molar-refractivity contribution >= 4 is 22.4 Å². The van der Waals surface area contributed by atoms with Gasteiger partial charge >= 0.3 is 0 Å². The van der Waals surface area contributed by atoms with E-state index in [1.54, 1.807) is 24.4 Å². The third-order valence-corrected chi connectivity index (χ3v) is 4.16. The molecule has 0 aliphatic carbocycles. The number of pyridine rings is 1. The second kappa shape index (κ2) is 7.33. The molecule has 0 fully saturated rings. The number of nitrogens with one attached hydrogen (secondary N) is 1. The maximum atomic E-state index is 12.2. The van der Waals surface area contributed by atoms with E-state index >= 15 is 0 Å². The molecule has 0 saturated carbocycles. The predicted octanol–water partition coefficient (Wildman–Crippen LogP) is 3.52. The Labute approximate surface area is 145 Å². The number of carbonyl (C=O) groups excluding carboxylic acids is 1. The third kappa shape index (κ3) is 3.84. The summed E-state index contributed by atoms with van der Waals surface area (Å²) in [6.07, 6.45) is 1.60. The summed E-state index contributed by atoms with van der Waals surface area (Å²) in [5.74, 6) is -0.252. The molecule has 3 rings (SSSR count). The van der Waals surface area contributed by atoms with Crippen LogP contribution in [0.2, 0.25) is 0 Å². The fourth-order valence-corrected chi connectivity index (χ4v) is 3.07. The lowest BCUT2D eigenvalue weighted by atomic mass is 10.1. The van der Waals surface area contributed by atoms with E-state index in [1.807, 2.05) is 31.6 Å². The number of hydrogen-bond acceptors (Lipinski definition) is 5. The van der Waals surface area contributed by atoms with Gasteiger partial charge < -0.3 is 4.90 Å². The van der Waals surface area contributed by atoms with E-state index in [4.69, 9.17) is 0 Å². The maximum absolute atomic E-state index is 12.2. The van der Waals surface area contributed by atoms with Crippen LogP contribution in [0.5, 0.6) is 0 Å². The van der Waals surface area contributed by atoms with Crippen molar-refractivity contribution in [3.8, 4) is 11.3 Å². The zero-order valence-corrected chi connectivity index (χ0v) is 14.4. The van der Waals surface area contributed by atoms with Crippen molar-refractivity contribution in [2.45, 2.75) is 6.54 Å². The summed E-state index contributed by atoms with van der Waals surface area (Å²) in [7, 11) is 4.08. The molecule has 6 heteroatoms. The minimum atomic E-state index is -0.252. The van der Waals surface area contributed by atoms with E-state index in [0.717, 1.165) is 17.8 Å². The summed E-state index contributed by atoms with van der Waals surface area (Å²) in [4.78, 5) is 22.9. The van der Waals surface area contributed by atoms with E-state index in [-0.39, 0.29) is 5.91 Å². The van der Waals surface area contributed by atoms with Gasteiger partial charge in [-0.25, -0.2) is 4.98 Å². The van der Waals surface area contributed by atoms with Gasteiger partial charge in [0.25, 0.3) is 5.91 Å². The summed E-state index contributed by atoms with van der Waals surface area (Å²) in [5, 5.41) is 5.33. The lowest BCUT2D eigenvalue weighted by Crippen LogP contribution is -2.13. The maximum Gasteiger partial charge on any atom is 0.276 e. The topological polar surface area (TPSA) is 58.1 Å². The molecule has 1 N–H and O–H groups in total. The van der Waals surface area contributed by atoms with Crippen molar-refractivity contribution in [2.24, 2.45) is 0 Å². The molecule has 2 aromatic heterocycles. The van der Waals surface area contributed by atoms with Crippen LogP contribution < -0.4 is 5.32 Å². The van der Waals surface area contributed by atoms with Crippen molar-refractivity contribution in [3.63, 3.8) is 0 Å². The van der Waals surface area contributed by atoms with Crippen molar-refractivity contribution in [3.05, 3.63) is 65.3 Å². The number of benzene rings is 1. The molecule has 0 bridgehead atoms. The van der Waals surface area contributed by atoms with Crippen LogP contribution in [0.15, 0.2) is 54.0 Å². The molecule has 0 unspecified atom stereocenters. The Kier molecular flexibility index (Phi) is 4.98. The molecule has 0 saturated heterocycles. The molecule has 1 aromatic carbocycles. The summed E-state index contributed by atoms with van der Waals surface area (Å²) in [6.45, 7) is 0.837. The lowest BCUT2D eigenvalue weighted by Gasteiger charge is -2.12. The highest BCUT2D eigenvalue weighted by atomic mass is 32.1. The van der Waals surface area contributed by atoms with Crippen molar-refractivity contribution < 1.29 is 4.79 Å². The fourth-order valence-electron chi connectivity index (χ4n) is 2.36. The Morgan fingerprint density at radius 3 is 2.71 bits per heavy atom. The number of aromatic nitrogens is 2. The molecule has 0 atom stereocenters. The molecule has 24 heavy (non-hydrogen) atoms.